The monoisotopic (exact) mass is 505 g/mol. The number of thiazole rings is 1. The van der Waals surface area contributed by atoms with E-state index in [4.69, 9.17) is 4.98 Å². The number of nitrogens with one attached hydrogen (secondary N) is 1. The molecule has 6 rings (SSSR count). The number of pyridine rings is 2. The number of fused-ring (bicyclic) bond motifs is 5. The fraction of sp³-hybridized carbons (Fsp3) is 0.280. The Balaban J connectivity index is 1.56. The van der Waals surface area contributed by atoms with Crippen LogP contribution in [-0.4, -0.2) is 63.0 Å². The first-order valence-corrected chi connectivity index (χ1v) is 12.5. The number of amides is 1. The molecule has 0 spiro atoms. The van der Waals surface area contributed by atoms with Gasteiger partial charge >= 0.3 is 0 Å². The molecule has 9 nitrogen and oxygen atoms in total. The van der Waals surface area contributed by atoms with Crippen molar-refractivity contribution in [3.63, 3.8) is 0 Å². The van der Waals surface area contributed by atoms with E-state index < -0.39 is 17.2 Å². The van der Waals surface area contributed by atoms with Gasteiger partial charge in [0.2, 0.25) is 5.43 Å². The lowest BCUT2D eigenvalue weighted by atomic mass is 10.1. The number of hydrogen-bond acceptors (Lipinski definition) is 7. The molecule has 0 bridgehead atoms. The second-order valence-electron chi connectivity index (χ2n) is 9.01. The maximum absolute atomic E-state index is 15.4. The third-order valence-corrected chi connectivity index (χ3v) is 7.85. The number of nitrogens with zero attached hydrogens (tertiary/aromatic N) is 6. The summed E-state index contributed by atoms with van der Waals surface area (Å²) in [5.41, 5.74) is 0.601. The van der Waals surface area contributed by atoms with Gasteiger partial charge in [-0.1, -0.05) is 12.1 Å². The number of carbonyl (C=O) groups is 1. The summed E-state index contributed by atoms with van der Waals surface area (Å²) in [7, 11) is 3.86. The average molecular weight is 506 g/mol. The molecule has 1 saturated heterocycles. The van der Waals surface area contributed by atoms with Crippen molar-refractivity contribution in [1.82, 2.24) is 29.2 Å². The molecule has 0 radical (unpaired) electrons. The SMILES string of the molecule is CN1CCN(c2nc3c(cc2F)c(=O)c(C(=O)NCc2nccn2C)c2sc4ccccc4n23)CC1. The van der Waals surface area contributed by atoms with Crippen molar-refractivity contribution in [1.29, 1.82) is 0 Å². The molecule has 1 fully saturated rings. The standard InChI is InChI=1S/C25H24FN7O2S/c1-30-9-11-32(12-10-30)23-16(26)13-15-21(34)20(24(35)28-14-19-27-7-8-31(19)2)25-33(22(15)29-23)17-5-3-4-6-18(17)36-25/h3-8,13H,9-12,14H2,1-2H3,(H,28,35). The molecule has 1 aliphatic rings. The molecule has 5 heterocycles. The Kier molecular flexibility index (Phi) is 5.45. The van der Waals surface area contributed by atoms with Gasteiger partial charge in [-0.15, -0.1) is 11.3 Å². The molecule has 0 atom stereocenters. The minimum Gasteiger partial charge on any atom is -0.352 e. The Morgan fingerprint density at radius 2 is 1.94 bits per heavy atom. The molecule has 1 aliphatic heterocycles. The van der Waals surface area contributed by atoms with Crippen LogP contribution in [0, 0.1) is 5.82 Å². The largest absolute Gasteiger partial charge is 0.352 e. The molecule has 0 aliphatic carbocycles. The molecular weight excluding hydrogens is 481 g/mol. The van der Waals surface area contributed by atoms with E-state index in [2.05, 4.69) is 15.2 Å². The van der Waals surface area contributed by atoms with Gasteiger partial charge in [0.1, 0.15) is 16.2 Å². The molecule has 36 heavy (non-hydrogen) atoms. The third-order valence-electron chi connectivity index (χ3n) is 6.71. The van der Waals surface area contributed by atoms with Crippen molar-refractivity contribution >= 4 is 49.1 Å². The number of para-hydroxylation sites is 1. The second-order valence-corrected chi connectivity index (χ2v) is 10.0. The van der Waals surface area contributed by atoms with Crippen LogP contribution >= 0.6 is 11.3 Å². The Hall–Kier alpha value is -3.83. The molecule has 11 heteroatoms. The van der Waals surface area contributed by atoms with E-state index in [-0.39, 0.29) is 23.3 Å². The van der Waals surface area contributed by atoms with Crippen LogP contribution < -0.4 is 15.6 Å². The molecule has 1 amide bonds. The van der Waals surface area contributed by atoms with E-state index in [1.165, 1.54) is 17.4 Å². The molecule has 0 saturated carbocycles. The first-order chi connectivity index (χ1) is 17.4. The Morgan fingerprint density at radius 3 is 2.69 bits per heavy atom. The van der Waals surface area contributed by atoms with E-state index in [0.29, 0.717) is 29.4 Å². The zero-order chi connectivity index (χ0) is 25.0. The van der Waals surface area contributed by atoms with E-state index >= 15 is 4.39 Å². The Morgan fingerprint density at radius 1 is 1.17 bits per heavy atom. The highest BCUT2D eigenvalue weighted by atomic mass is 32.1. The number of aryl methyl sites for hydroxylation is 1. The van der Waals surface area contributed by atoms with Crippen LogP contribution in [0.25, 0.3) is 26.1 Å². The van der Waals surface area contributed by atoms with Crippen LogP contribution in [0.15, 0.2) is 47.5 Å². The van der Waals surface area contributed by atoms with Crippen LogP contribution in [0.2, 0.25) is 0 Å². The number of imidazole rings is 1. The lowest BCUT2D eigenvalue weighted by Gasteiger charge is -2.33. The van der Waals surface area contributed by atoms with Crippen molar-refractivity contribution in [3.05, 3.63) is 70.2 Å². The van der Waals surface area contributed by atoms with Crippen molar-refractivity contribution < 1.29 is 9.18 Å². The van der Waals surface area contributed by atoms with Crippen LogP contribution in [0.3, 0.4) is 0 Å². The minimum absolute atomic E-state index is 0.0218. The summed E-state index contributed by atoms with van der Waals surface area (Å²) in [6.45, 7) is 3.03. The highest BCUT2D eigenvalue weighted by molar-refractivity contribution is 7.24. The van der Waals surface area contributed by atoms with Crippen molar-refractivity contribution in [2.24, 2.45) is 7.05 Å². The second kappa shape index (κ2) is 8.68. The lowest BCUT2D eigenvalue weighted by molar-refractivity contribution is 0.0950. The van der Waals surface area contributed by atoms with E-state index in [1.54, 1.807) is 17.0 Å². The number of aromatic nitrogens is 4. The first kappa shape index (κ1) is 22.6. The summed E-state index contributed by atoms with van der Waals surface area (Å²) in [6, 6.07) is 8.88. The first-order valence-electron chi connectivity index (χ1n) is 11.7. The number of hydrogen-bond donors (Lipinski definition) is 1. The lowest BCUT2D eigenvalue weighted by Crippen LogP contribution is -2.45. The van der Waals surface area contributed by atoms with Crippen molar-refractivity contribution in [2.45, 2.75) is 6.54 Å². The highest BCUT2D eigenvalue weighted by Gasteiger charge is 2.26. The molecular formula is C25H24FN7O2S. The number of rotatable bonds is 4. The zero-order valence-corrected chi connectivity index (χ0v) is 20.7. The molecule has 184 valence electrons. The van der Waals surface area contributed by atoms with Gasteiger partial charge in [0, 0.05) is 45.6 Å². The van der Waals surface area contributed by atoms with Crippen LogP contribution in [0.1, 0.15) is 16.2 Å². The maximum Gasteiger partial charge on any atom is 0.258 e. The van der Waals surface area contributed by atoms with E-state index in [0.717, 1.165) is 23.3 Å². The van der Waals surface area contributed by atoms with Gasteiger partial charge in [-0.3, -0.25) is 14.0 Å². The number of benzene rings is 1. The summed E-state index contributed by atoms with van der Waals surface area (Å²) in [4.78, 5) is 40.5. The predicted molar refractivity (Wildman–Crippen MR) is 138 cm³/mol. The Labute approximate surface area is 209 Å². The minimum atomic E-state index is -0.567. The number of anilines is 1. The van der Waals surface area contributed by atoms with Crippen LogP contribution in [0.5, 0.6) is 0 Å². The van der Waals surface area contributed by atoms with Gasteiger partial charge in [0.25, 0.3) is 5.91 Å². The molecule has 5 aromatic rings. The predicted octanol–water partition coefficient (Wildman–Crippen LogP) is 2.62. The average Bonchev–Trinajstić information content (AvgIpc) is 3.46. The number of halogens is 1. The van der Waals surface area contributed by atoms with Crippen LogP contribution in [0.4, 0.5) is 10.2 Å². The van der Waals surface area contributed by atoms with Gasteiger partial charge in [-0.25, -0.2) is 14.4 Å². The smallest absolute Gasteiger partial charge is 0.258 e. The molecule has 1 aromatic carbocycles. The highest BCUT2D eigenvalue weighted by Crippen LogP contribution is 2.32. The number of likely N-dealkylation sites (N-methyl/N-ethyl adjacent to an activating group) is 1. The number of carbonyl (C=O) groups excluding carboxylic acids is 1. The Bertz CT molecular complexity index is 1700. The molecule has 1 N–H and O–H groups in total. The summed E-state index contributed by atoms with van der Waals surface area (Å²) in [6.07, 6.45) is 3.42. The van der Waals surface area contributed by atoms with Gasteiger partial charge in [0.05, 0.1) is 22.1 Å². The van der Waals surface area contributed by atoms with Crippen LogP contribution in [-0.2, 0) is 13.6 Å². The summed E-state index contributed by atoms with van der Waals surface area (Å²) in [5, 5.41) is 2.89. The summed E-state index contributed by atoms with van der Waals surface area (Å²) < 4.78 is 19.9. The maximum atomic E-state index is 15.4. The van der Waals surface area contributed by atoms with Crippen molar-refractivity contribution in [3.8, 4) is 0 Å². The van der Waals surface area contributed by atoms with Crippen molar-refractivity contribution in [2.75, 3.05) is 38.1 Å². The summed E-state index contributed by atoms with van der Waals surface area (Å²) >= 11 is 1.35. The molecule has 4 aromatic heterocycles. The summed E-state index contributed by atoms with van der Waals surface area (Å²) in [5.74, 6) is -0.215. The fourth-order valence-corrected chi connectivity index (χ4v) is 5.84. The van der Waals surface area contributed by atoms with Gasteiger partial charge in [0.15, 0.2) is 17.3 Å². The van der Waals surface area contributed by atoms with Gasteiger partial charge in [-0.2, -0.15) is 0 Å². The van der Waals surface area contributed by atoms with E-state index in [1.807, 2.05) is 47.7 Å². The zero-order valence-electron chi connectivity index (χ0n) is 19.9. The normalized spacial score (nSPS) is 14.8. The fourth-order valence-electron chi connectivity index (χ4n) is 4.65. The quantitative estimate of drug-likeness (QED) is 0.404. The molecule has 0 unspecified atom stereocenters. The van der Waals surface area contributed by atoms with E-state index in [9.17, 15) is 9.59 Å². The third kappa shape index (κ3) is 3.62. The van der Waals surface area contributed by atoms with Gasteiger partial charge < -0.3 is 19.7 Å². The van der Waals surface area contributed by atoms with Gasteiger partial charge in [-0.05, 0) is 25.2 Å². The topological polar surface area (TPSA) is 87.8 Å². The number of piperazine rings is 1.